The third-order valence-electron chi connectivity index (χ3n) is 5.44. The van der Waals surface area contributed by atoms with Gasteiger partial charge in [-0.3, -0.25) is 14.5 Å². The number of halogens is 1. The lowest BCUT2D eigenvalue weighted by molar-refractivity contribution is -0.130. The SMILES string of the molecule is C=CC(=O)N1CCN(CC(Oc2ccc(C(=O)NC)cc2)c2cccc(F)c2)C[C@H]1C. The first-order valence-electron chi connectivity index (χ1n) is 10.3. The van der Waals surface area contributed by atoms with Crippen LogP contribution < -0.4 is 10.1 Å². The van der Waals surface area contributed by atoms with E-state index in [0.29, 0.717) is 37.5 Å². The van der Waals surface area contributed by atoms with Gasteiger partial charge < -0.3 is 15.0 Å². The Labute approximate surface area is 182 Å². The van der Waals surface area contributed by atoms with Gasteiger partial charge in [0.25, 0.3) is 5.91 Å². The lowest BCUT2D eigenvalue weighted by Crippen LogP contribution is -2.54. The summed E-state index contributed by atoms with van der Waals surface area (Å²) in [4.78, 5) is 27.8. The Morgan fingerprint density at radius 2 is 2.00 bits per heavy atom. The van der Waals surface area contributed by atoms with Crippen LogP contribution in [0.5, 0.6) is 5.75 Å². The number of carbonyl (C=O) groups is 2. The number of piperazine rings is 1. The molecule has 1 saturated heterocycles. The fraction of sp³-hybridized carbons (Fsp3) is 0.333. The molecule has 2 amide bonds. The van der Waals surface area contributed by atoms with Crippen LogP contribution in [0.4, 0.5) is 4.39 Å². The van der Waals surface area contributed by atoms with Crippen LogP contribution in [0, 0.1) is 5.82 Å². The van der Waals surface area contributed by atoms with Gasteiger partial charge in [0.1, 0.15) is 17.7 Å². The molecule has 0 saturated carbocycles. The highest BCUT2D eigenvalue weighted by molar-refractivity contribution is 5.94. The lowest BCUT2D eigenvalue weighted by atomic mass is 10.1. The minimum atomic E-state index is -0.407. The van der Waals surface area contributed by atoms with Crippen molar-refractivity contribution in [2.45, 2.75) is 19.1 Å². The molecule has 2 atom stereocenters. The normalized spacial score (nSPS) is 17.6. The second-order valence-corrected chi connectivity index (χ2v) is 7.61. The Bertz CT molecular complexity index is 932. The van der Waals surface area contributed by atoms with E-state index in [1.165, 1.54) is 18.2 Å². The van der Waals surface area contributed by atoms with E-state index in [0.717, 1.165) is 5.56 Å². The fourth-order valence-electron chi connectivity index (χ4n) is 3.79. The Balaban J connectivity index is 1.76. The first-order chi connectivity index (χ1) is 14.9. The zero-order valence-electron chi connectivity index (χ0n) is 17.9. The van der Waals surface area contributed by atoms with Gasteiger partial charge in [-0.25, -0.2) is 4.39 Å². The van der Waals surface area contributed by atoms with Gasteiger partial charge in [0, 0.05) is 44.8 Å². The average molecular weight is 426 g/mol. The number of amides is 2. The van der Waals surface area contributed by atoms with Crippen molar-refractivity contribution >= 4 is 11.8 Å². The molecule has 0 spiro atoms. The Kier molecular flexibility index (Phi) is 7.41. The van der Waals surface area contributed by atoms with Crippen LogP contribution in [-0.2, 0) is 4.79 Å². The summed E-state index contributed by atoms with van der Waals surface area (Å²) < 4.78 is 20.1. The van der Waals surface area contributed by atoms with E-state index in [2.05, 4.69) is 16.8 Å². The van der Waals surface area contributed by atoms with E-state index < -0.39 is 6.10 Å². The van der Waals surface area contributed by atoms with Crippen molar-refractivity contribution in [2.75, 3.05) is 33.2 Å². The standard InChI is InChI=1S/C24H28FN3O3/c1-4-23(29)28-13-12-27(15-17(28)2)16-22(19-6-5-7-20(25)14-19)31-21-10-8-18(9-11-21)24(30)26-3/h4-11,14,17,22H,1,12-13,15-16H2,2-3H3,(H,26,30)/t17-,22?/m1/s1. The molecule has 2 aromatic carbocycles. The molecule has 1 N–H and O–H groups in total. The molecule has 6 nitrogen and oxygen atoms in total. The number of hydrogen-bond donors (Lipinski definition) is 1. The maximum absolute atomic E-state index is 13.9. The van der Waals surface area contributed by atoms with Gasteiger partial charge in [-0.05, 0) is 55.0 Å². The number of benzene rings is 2. The van der Waals surface area contributed by atoms with Crippen molar-refractivity contribution in [3.05, 3.63) is 78.1 Å². The van der Waals surface area contributed by atoms with Gasteiger partial charge in [0.15, 0.2) is 0 Å². The van der Waals surface area contributed by atoms with Crippen LogP contribution in [0.25, 0.3) is 0 Å². The second kappa shape index (κ2) is 10.2. The van der Waals surface area contributed by atoms with Crippen molar-refractivity contribution in [3.8, 4) is 5.75 Å². The quantitative estimate of drug-likeness (QED) is 0.693. The number of hydrogen-bond acceptors (Lipinski definition) is 4. The summed E-state index contributed by atoms with van der Waals surface area (Å²) in [5, 5.41) is 2.59. The number of nitrogens with zero attached hydrogens (tertiary/aromatic N) is 2. The molecular formula is C24H28FN3O3. The highest BCUT2D eigenvalue weighted by atomic mass is 19.1. The summed E-state index contributed by atoms with van der Waals surface area (Å²) >= 11 is 0. The molecule has 0 aliphatic carbocycles. The molecule has 31 heavy (non-hydrogen) atoms. The molecule has 1 fully saturated rings. The summed E-state index contributed by atoms with van der Waals surface area (Å²) in [5.41, 5.74) is 1.27. The van der Waals surface area contributed by atoms with Crippen molar-refractivity contribution < 1.29 is 18.7 Å². The first kappa shape index (κ1) is 22.5. The molecule has 1 heterocycles. The highest BCUT2D eigenvalue weighted by Crippen LogP contribution is 2.25. The van der Waals surface area contributed by atoms with Gasteiger partial charge in [0.05, 0.1) is 0 Å². The number of rotatable bonds is 7. The minimum absolute atomic E-state index is 0.0410. The summed E-state index contributed by atoms with van der Waals surface area (Å²) in [6, 6.07) is 13.3. The molecule has 1 aliphatic heterocycles. The average Bonchev–Trinajstić information content (AvgIpc) is 2.78. The largest absolute Gasteiger partial charge is 0.484 e. The molecule has 1 aliphatic rings. The third-order valence-corrected chi connectivity index (χ3v) is 5.44. The maximum Gasteiger partial charge on any atom is 0.251 e. The molecule has 0 bridgehead atoms. The molecule has 3 rings (SSSR count). The van der Waals surface area contributed by atoms with Crippen molar-refractivity contribution in [1.82, 2.24) is 15.1 Å². The number of carbonyl (C=O) groups excluding carboxylic acids is 2. The zero-order valence-corrected chi connectivity index (χ0v) is 17.9. The molecule has 2 aromatic rings. The Morgan fingerprint density at radius 3 is 2.61 bits per heavy atom. The maximum atomic E-state index is 13.9. The molecule has 164 valence electrons. The summed E-state index contributed by atoms with van der Waals surface area (Å²) in [7, 11) is 1.58. The van der Waals surface area contributed by atoms with Crippen LogP contribution in [0.2, 0.25) is 0 Å². The molecular weight excluding hydrogens is 397 g/mol. The molecule has 1 unspecified atom stereocenters. The van der Waals surface area contributed by atoms with Gasteiger partial charge >= 0.3 is 0 Å². The van der Waals surface area contributed by atoms with E-state index in [4.69, 9.17) is 4.74 Å². The van der Waals surface area contributed by atoms with E-state index >= 15 is 0 Å². The van der Waals surface area contributed by atoms with Gasteiger partial charge in [-0.1, -0.05) is 18.7 Å². The van der Waals surface area contributed by atoms with Crippen molar-refractivity contribution in [3.63, 3.8) is 0 Å². The monoisotopic (exact) mass is 425 g/mol. The van der Waals surface area contributed by atoms with Crippen LogP contribution in [0.15, 0.2) is 61.2 Å². The van der Waals surface area contributed by atoms with E-state index in [-0.39, 0.29) is 23.7 Å². The van der Waals surface area contributed by atoms with Crippen LogP contribution in [0.1, 0.15) is 28.9 Å². The lowest BCUT2D eigenvalue weighted by Gasteiger charge is -2.40. The van der Waals surface area contributed by atoms with E-state index in [1.54, 1.807) is 42.3 Å². The fourth-order valence-corrected chi connectivity index (χ4v) is 3.79. The van der Waals surface area contributed by atoms with Crippen molar-refractivity contribution in [1.29, 1.82) is 0 Å². The van der Waals surface area contributed by atoms with Gasteiger partial charge in [-0.2, -0.15) is 0 Å². The summed E-state index contributed by atoms with van der Waals surface area (Å²) in [6.45, 7) is 8.09. The third kappa shape index (κ3) is 5.70. The zero-order chi connectivity index (χ0) is 22.4. The van der Waals surface area contributed by atoms with Crippen molar-refractivity contribution in [2.24, 2.45) is 0 Å². The number of ether oxygens (including phenoxy) is 1. The Hall–Kier alpha value is -3.19. The van der Waals surface area contributed by atoms with Crippen LogP contribution in [-0.4, -0.2) is 60.9 Å². The molecule has 7 heteroatoms. The van der Waals surface area contributed by atoms with Crippen LogP contribution in [0.3, 0.4) is 0 Å². The predicted octanol–water partition coefficient (Wildman–Crippen LogP) is 3.02. The molecule has 0 radical (unpaired) electrons. The van der Waals surface area contributed by atoms with Gasteiger partial charge in [0.2, 0.25) is 5.91 Å². The summed E-state index contributed by atoms with van der Waals surface area (Å²) in [6.07, 6.45) is 0.934. The first-order valence-corrected chi connectivity index (χ1v) is 10.3. The highest BCUT2D eigenvalue weighted by Gasteiger charge is 2.28. The number of nitrogens with one attached hydrogen (secondary N) is 1. The van der Waals surface area contributed by atoms with E-state index in [9.17, 15) is 14.0 Å². The smallest absolute Gasteiger partial charge is 0.251 e. The predicted molar refractivity (Wildman–Crippen MR) is 117 cm³/mol. The van der Waals surface area contributed by atoms with E-state index in [1.807, 2.05) is 13.0 Å². The Morgan fingerprint density at radius 1 is 1.26 bits per heavy atom. The summed E-state index contributed by atoms with van der Waals surface area (Å²) in [5.74, 6) is 0.0294. The minimum Gasteiger partial charge on any atom is -0.484 e. The van der Waals surface area contributed by atoms with Gasteiger partial charge in [-0.15, -0.1) is 0 Å². The molecule has 0 aromatic heterocycles. The topological polar surface area (TPSA) is 61.9 Å². The second-order valence-electron chi connectivity index (χ2n) is 7.61. The van der Waals surface area contributed by atoms with Crippen LogP contribution >= 0.6 is 0 Å².